The van der Waals surface area contributed by atoms with Crippen molar-refractivity contribution in [3.8, 4) is 0 Å². The van der Waals surface area contributed by atoms with E-state index in [1.807, 2.05) is 13.8 Å². The maximum atomic E-state index is 11.8. The van der Waals surface area contributed by atoms with Crippen LogP contribution in [0.3, 0.4) is 0 Å². The Hall–Kier alpha value is -1.35. The first kappa shape index (κ1) is 19.7. The molecule has 0 aromatic rings. The summed E-state index contributed by atoms with van der Waals surface area (Å²) in [5.41, 5.74) is -0.317. The lowest BCUT2D eigenvalue weighted by Gasteiger charge is -2.24. The monoisotopic (exact) mass is 348 g/mol. The fourth-order valence-electron chi connectivity index (χ4n) is 2.09. The minimum atomic E-state index is -2.97. The van der Waals surface area contributed by atoms with Gasteiger partial charge in [-0.25, -0.2) is 8.42 Å². The molecule has 1 rings (SSSR count). The van der Waals surface area contributed by atoms with Crippen LogP contribution in [0.2, 0.25) is 0 Å². The number of hydrogen-bond acceptors (Lipinski definition) is 5. The number of guanidine groups is 1. The molecule has 1 fully saturated rings. The number of nitrogens with one attached hydrogen (secondary N) is 3. The normalized spacial score (nSPS) is 21.0. The van der Waals surface area contributed by atoms with E-state index >= 15 is 0 Å². The number of sulfone groups is 1. The van der Waals surface area contributed by atoms with Gasteiger partial charge in [0.1, 0.15) is 0 Å². The standard InChI is InChI=1S/C14H28N4O4S/c1-14(2,22-4)10-17-13(15-3)16-7-5-12(19)18-11-6-8-23(20,21)9-11/h11H,5-10H2,1-4H3,(H,18,19)(H2,15,16,17). The highest BCUT2D eigenvalue weighted by Gasteiger charge is 2.28. The number of ether oxygens (including phenoxy) is 1. The van der Waals surface area contributed by atoms with E-state index in [2.05, 4.69) is 20.9 Å². The van der Waals surface area contributed by atoms with Crippen LogP contribution in [0.15, 0.2) is 4.99 Å². The van der Waals surface area contributed by atoms with Crippen molar-refractivity contribution in [2.24, 2.45) is 4.99 Å². The molecule has 0 saturated carbocycles. The Kier molecular flexibility index (Phi) is 7.27. The van der Waals surface area contributed by atoms with Gasteiger partial charge in [0.25, 0.3) is 0 Å². The smallest absolute Gasteiger partial charge is 0.222 e. The quantitative estimate of drug-likeness (QED) is 0.413. The van der Waals surface area contributed by atoms with Crippen LogP contribution in [0.25, 0.3) is 0 Å². The topological polar surface area (TPSA) is 109 Å². The van der Waals surface area contributed by atoms with Crippen LogP contribution in [-0.4, -0.2) is 70.7 Å². The molecular formula is C14H28N4O4S. The number of amides is 1. The van der Waals surface area contributed by atoms with Crippen LogP contribution in [0.5, 0.6) is 0 Å². The van der Waals surface area contributed by atoms with Gasteiger partial charge in [-0.2, -0.15) is 0 Å². The van der Waals surface area contributed by atoms with Crippen molar-refractivity contribution < 1.29 is 17.9 Å². The van der Waals surface area contributed by atoms with E-state index in [9.17, 15) is 13.2 Å². The first-order valence-electron chi connectivity index (χ1n) is 7.67. The van der Waals surface area contributed by atoms with Crippen molar-refractivity contribution in [3.63, 3.8) is 0 Å². The molecule has 1 amide bonds. The maximum absolute atomic E-state index is 11.8. The summed E-state index contributed by atoms with van der Waals surface area (Å²) in [6, 6.07) is -0.257. The lowest BCUT2D eigenvalue weighted by atomic mass is 10.1. The van der Waals surface area contributed by atoms with Crippen molar-refractivity contribution in [1.29, 1.82) is 0 Å². The average Bonchev–Trinajstić information content (AvgIpc) is 2.81. The summed E-state index contributed by atoms with van der Waals surface area (Å²) in [4.78, 5) is 15.9. The summed E-state index contributed by atoms with van der Waals surface area (Å²) in [7, 11) is 0.321. The van der Waals surface area contributed by atoms with E-state index in [0.717, 1.165) is 0 Å². The molecule has 0 aliphatic carbocycles. The molecule has 0 aromatic heterocycles. The second-order valence-corrected chi connectivity index (χ2v) is 8.46. The lowest BCUT2D eigenvalue weighted by Crippen LogP contribution is -2.46. The van der Waals surface area contributed by atoms with Crippen LogP contribution in [0.1, 0.15) is 26.7 Å². The molecule has 9 heteroatoms. The van der Waals surface area contributed by atoms with Gasteiger partial charge >= 0.3 is 0 Å². The minimum Gasteiger partial charge on any atom is -0.377 e. The molecule has 0 aromatic carbocycles. The van der Waals surface area contributed by atoms with E-state index in [-0.39, 0.29) is 35.5 Å². The van der Waals surface area contributed by atoms with E-state index in [0.29, 0.717) is 25.5 Å². The summed E-state index contributed by atoms with van der Waals surface area (Å²) in [5, 5.41) is 8.92. The second kappa shape index (κ2) is 8.49. The van der Waals surface area contributed by atoms with Gasteiger partial charge in [-0.05, 0) is 20.3 Å². The van der Waals surface area contributed by atoms with Gasteiger partial charge < -0.3 is 20.7 Å². The van der Waals surface area contributed by atoms with Crippen LogP contribution in [-0.2, 0) is 19.4 Å². The predicted octanol–water partition coefficient (Wildman–Crippen LogP) is -0.730. The number of hydrogen-bond donors (Lipinski definition) is 3. The van der Waals surface area contributed by atoms with Gasteiger partial charge in [0.2, 0.25) is 5.91 Å². The van der Waals surface area contributed by atoms with E-state index in [1.165, 1.54) is 0 Å². The lowest BCUT2D eigenvalue weighted by molar-refractivity contribution is -0.121. The Bertz CT molecular complexity index is 531. The van der Waals surface area contributed by atoms with E-state index in [4.69, 9.17) is 4.74 Å². The molecule has 0 bridgehead atoms. The van der Waals surface area contributed by atoms with Crippen molar-refractivity contribution >= 4 is 21.7 Å². The molecular weight excluding hydrogens is 320 g/mol. The largest absolute Gasteiger partial charge is 0.377 e. The van der Waals surface area contributed by atoms with Crippen molar-refractivity contribution in [2.75, 3.05) is 38.8 Å². The molecule has 1 aliphatic rings. The molecule has 3 N–H and O–H groups in total. The molecule has 1 heterocycles. The molecule has 1 atom stereocenters. The third kappa shape index (κ3) is 7.65. The minimum absolute atomic E-state index is 0.0431. The molecule has 8 nitrogen and oxygen atoms in total. The third-order valence-electron chi connectivity index (χ3n) is 3.70. The number of carbonyl (C=O) groups excluding carboxylic acids is 1. The Morgan fingerprint density at radius 2 is 2.04 bits per heavy atom. The van der Waals surface area contributed by atoms with Gasteiger partial charge in [-0.3, -0.25) is 9.79 Å². The maximum Gasteiger partial charge on any atom is 0.222 e. The van der Waals surface area contributed by atoms with Gasteiger partial charge in [0, 0.05) is 39.7 Å². The van der Waals surface area contributed by atoms with Crippen LogP contribution in [0.4, 0.5) is 0 Å². The highest BCUT2D eigenvalue weighted by atomic mass is 32.2. The van der Waals surface area contributed by atoms with E-state index in [1.54, 1.807) is 14.2 Å². The molecule has 0 spiro atoms. The van der Waals surface area contributed by atoms with Gasteiger partial charge in [0.15, 0.2) is 15.8 Å². The summed E-state index contributed by atoms with van der Waals surface area (Å²) < 4.78 is 28.0. The van der Waals surface area contributed by atoms with Crippen LogP contribution >= 0.6 is 0 Å². The molecule has 23 heavy (non-hydrogen) atoms. The average molecular weight is 348 g/mol. The first-order valence-corrected chi connectivity index (χ1v) is 9.49. The zero-order chi connectivity index (χ0) is 17.5. The highest BCUT2D eigenvalue weighted by molar-refractivity contribution is 7.91. The predicted molar refractivity (Wildman–Crippen MR) is 90.3 cm³/mol. The second-order valence-electron chi connectivity index (χ2n) is 6.23. The third-order valence-corrected chi connectivity index (χ3v) is 5.47. The Labute approximate surface area is 138 Å². The number of methoxy groups -OCH3 is 1. The first-order chi connectivity index (χ1) is 10.7. The highest BCUT2D eigenvalue weighted by Crippen LogP contribution is 2.11. The summed E-state index contributed by atoms with van der Waals surface area (Å²) in [5.74, 6) is 0.627. The number of aliphatic imine (C=N–C) groups is 1. The summed E-state index contributed by atoms with van der Waals surface area (Å²) in [6.45, 7) is 4.90. The van der Waals surface area contributed by atoms with Crippen LogP contribution in [0, 0.1) is 0 Å². The fraction of sp³-hybridized carbons (Fsp3) is 0.857. The fourth-order valence-corrected chi connectivity index (χ4v) is 3.77. The number of nitrogens with zero attached hydrogens (tertiary/aromatic N) is 1. The Balaban J connectivity index is 2.25. The van der Waals surface area contributed by atoms with Crippen molar-refractivity contribution in [1.82, 2.24) is 16.0 Å². The number of rotatable bonds is 7. The molecule has 1 unspecified atom stereocenters. The van der Waals surface area contributed by atoms with Gasteiger partial charge in [-0.1, -0.05) is 0 Å². The zero-order valence-electron chi connectivity index (χ0n) is 14.3. The SMILES string of the molecule is CN=C(NCCC(=O)NC1CCS(=O)(=O)C1)NCC(C)(C)OC. The van der Waals surface area contributed by atoms with E-state index < -0.39 is 9.84 Å². The van der Waals surface area contributed by atoms with Crippen molar-refractivity contribution in [2.45, 2.75) is 38.3 Å². The Morgan fingerprint density at radius 1 is 1.35 bits per heavy atom. The molecule has 1 aliphatic heterocycles. The zero-order valence-corrected chi connectivity index (χ0v) is 15.1. The van der Waals surface area contributed by atoms with Crippen molar-refractivity contribution in [3.05, 3.63) is 0 Å². The number of carbonyl (C=O) groups is 1. The molecule has 1 saturated heterocycles. The Morgan fingerprint density at radius 3 is 2.57 bits per heavy atom. The van der Waals surface area contributed by atoms with Crippen LogP contribution < -0.4 is 16.0 Å². The molecule has 134 valence electrons. The summed E-state index contributed by atoms with van der Waals surface area (Å²) >= 11 is 0. The van der Waals surface area contributed by atoms with Gasteiger partial charge in [-0.15, -0.1) is 0 Å². The van der Waals surface area contributed by atoms with Gasteiger partial charge in [0.05, 0.1) is 17.1 Å². The summed E-state index contributed by atoms with van der Waals surface area (Å²) in [6.07, 6.45) is 0.752. The molecule has 0 radical (unpaired) electrons.